The largest absolute Gasteiger partial charge is 0.508 e. The van der Waals surface area contributed by atoms with Crippen LogP contribution in [0.3, 0.4) is 0 Å². The third kappa shape index (κ3) is 3.34. The minimum atomic E-state index is -0.339. The minimum absolute atomic E-state index is 0.0559. The van der Waals surface area contributed by atoms with Crippen LogP contribution in [-0.4, -0.2) is 23.8 Å². The van der Waals surface area contributed by atoms with Gasteiger partial charge in [0.15, 0.2) is 0 Å². The van der Waals surface area contributed by atoms with E-state index in [0.29, 0.717) is 5.56 Å². The lowest BCUT2D eigenvalue weighted by Crippen LogP contribution is -2.22. The van der Waals surface area contributed by atoms with Gasteiger partial charge >= 0.3 is 0 Å². The lowest BCUT2D eigenvalue weighted by atomic mass is 9.90. The number of carbonyl (C=O) groups is 1. The molecule has 2 N–H and O–H groups in total. The molecule has 0 heterocycles. The second-order valence-electron chi connectivity index (χ2n) is 5.43. The van der Waals surface area contributed by atoms with Crippen LogP contribution in [-0.2, 0) is 6.42 Å². The number of fused-ring (bicyclic) bond motifs is 1. The predicted octanol–water partition coefficient (Wildman–Crippen LogP) is 2.87. The molecule has 0 unspecified atom stereocenters. The first-order valence-electron chi connectivity index (χ1n) is 7.50. The van der Waals surface area contributed by atoms with Crippen LogP contribution >= 0.6 is 0 Å². The van der Waals surface area contributed by atoms with Crippen molar-refractivity contribution in [3.8, 4) is 11.5 Å². The van der Waals surface area contributed by atoms with Crippen LogP contribution in [0.5, 0.6) is 11.5 Å². The number of nitrogens with one attached hydrogen (secondary N) is 1. The summed E-state index contributed by atoms with van der Waals surface area (Å²) in [5.41, 5.74) is 6.04. The number of hydrazone groups is 1. The highest BCUT2D eigenvalue weighted by atomic mass is 16.5. The predicted molar refractivity (Wildman–Crippen MR) is 88.0 cm³/mol. The third-order valence-electron chi connectivity index (χ3n) is 3.88. The van der Waals surface area contributed by atoms with Crippen LogP contribution in [0.25, 0.3) is 0 Å². The van der Waals surface area contributed by atoms with Crippen molar-refractivity contribution in [2.24, 2.45) is 5.10 Å². The molecule has 3 rings (SSSR count). The van der Waals surface area contributed by atoms with Gasteiger partial charge in [-0.15, -0.1) is 0 Å². The number of methoxy groups -OCH3 is 1. The number of benzene rings is 2. The summed E-state index contributed by atoms with van der Waals surface area (Å²) in [5.74, 6) is 0.545. The van der Waals surface area contributed by atoms with E-state index in [1.165, 1.54) is 17.7 Å². The smallest absolute Gasteiger partial charge is 0.271 e. The second kappa shape index (κ2) is 6.52. The molecule has 0 radical (unpaired) electrons. The fourth-order valence-electron chi connectivity index (χ4n) is 2.71. The van der Waals surface area contributed by atoms with Gasteiger partial charge in [-0.1, -0.05) is 6.07 Å². The zero-order chi connectivity index (χ0) is 16.2. The Morgan fingerprint density at radius 2 is 2.09 bits per heavy atom. The molecule has 0 bridgehead atoms. The number of amides is 1. The van der Waals surface area contributed by atoms with Crippen molar-refractivity contribution in [1.29, 1.82) is 0 Å². The van der Waals surface area contributed by atoms with Crippen LogP contribution in [0, 0.1) is 0 Å². The SMILES string of the molecule is COc1ccc2c(c1)CCCC2=NNC(=O)c1cccc(O)c1. The summed E-state index contributed by atoms with van der Waals surface area (Å²) in [6.45, 7) is 0. The molecule has 0 atom stereocenters. The van der Waals surface area contributed by atoms with Crippen LogP contribution in [0.4, 0.5) is 0 Å². The summed E-state index contributed by atoms with van der Waals surface area (Å²) in [6, 6.07) is 12.1. The molecule has 1 amide bonds. The van der Waals surface area contributed by atoms with Crippen molar-refractivity contribution in [1.82, 2.24) is 5.43 Å². The molecule has 0 aromatic heterocycles. The van der Waals surface area contributed by atoms with Crippen molar-refractivity contribution >= 4 is 11.6 Å². The summed E-state index contributed by atoms with van der Waals surface area (Å²) in [6.07, 6.45) is 2.78. The molecular formula is C18H18N2O3. The molecule has 1 aliphatic carbocycles. The highest BCUT2D eigenvalue weighted by Crippen LogP contribution is 2.25. The van der Waals surface area contributed by atoms with Crippen molar-refractivity contribution < 1.29 is 14.6 Å². The third-order valence-corrected chi connectivity index (χ3v) is 3.88. The van der Waals surface area contributed by atoms with Gasteiger partial charge in [-0.3, -0.25) is 4.79 Å². The topological polar surface area (TPSA) is 70.9 Å². The molecule has 5 nitrogen and oxygen atoms in total. The zero-order valence-electron chi connectivity index (χ0n) is 12.9. The number of nitrogens with zero attached hydrogens (tertiary/aromatic N) is 1. The molecule has 118 valence electrons. The molecule has 5 heteroatoms. The van der Waals surface area contributed by atoms with Crippen molar-refractivity contribution in [2.45, 2.75) is 19.3 Å². The monoisotopic (exact) mass is 310 g/mol. The molecule has 23 heavy (non-hydrogen) atoms. The second-order valence-corrected chi connectivity index (χ2v) is 5.43. The Kier molecular flexibility index (Phi) is 4.28. The summed E-state index contributed by atoms with van der Waals surface area (Å²) < 4.78 is 5.25. The van der Waals surface area contributed by atoms with Crippen molar-refractivity contribution in [2.75, 3.05) is 7.11 Å². The maximum absolute atomic E-state index is 12.1. The van der Waals surface area contributed by atoms with Crippen LogP contribution in [0.15, 0.2) is 47.6 Å². The first-order chi connectivity index (χ1) is 11.2. The fourth-order valence-corrected chi connectivity index (χ4v) is 2.71. The summed E-state index contributed by atoms with van der Waals surface area (Å²) in [4.78, 5) is 12.1. The van der Waals surface area contributed by atoms with Crippen molar-refractivity contribution in [3.05, 3.63) is 59.2 Å². The molecular weight excluding hydrogens is 292 g/mol. The molecule has 2 aromatic carbocycles. The number of hydrogen-bond acceptors (Lipinski definition) is 4. The molecule has 1 aliphatic rings. The van der Waals surface area contributed by atoms with Gasteiger partial charge in [-0.2, -0.15) is 5.10 Å². The average Bonchev–Trinajstić information content (AvgIpc) is 2.59. The summed E-state index contributed by atoms with van der Waals surface area (Å²) in [7, 11) is 1.65. The lowest BCUT2D eigenvalue weighted by Gasteiger charge is -2.18. The van der Waals surface area contributed by atoms with E-state index >= 15 is 0 Å². The Bertz CT molecular complexity index is 769. The van der Waals surface area contributed by atoms with Gasteiger partial charge in [0.05, 0.1) is 12.8 Å². The lowest BCUT2D eigenvalue weighted by molar-refractivity contribution is 0.0954. The number of aromatic hydroxyl groups is 1. The summed E-state index contributed by atoms with van der Waals surface area (Å²) in [5, 5.41) is 13.7. The maximum atomic E-state index is 12.1. The van der Waals surface area contributed by atoms with Crippen molar-refractivity contribution in [3.63, 3.8) is 0 Å². The van der Waals surface area contributed by atoms with Gasteiger partial charge in [0.2, 0.25) is 0 Å². The Hall–Kier alpha value is -2.82. The number of hydrogen-bond donors (Lipinski definition) is 2. The minimum Gasteiger partial charge on any atom is -0.508 e. The number of aryl methyl sites for hydroxylation is 1. The molecule has 0 aliphatic heterocycles. The van der Waals surface area contributed by atoms with Gasteiger partial charge in [-0.25, -0.2) is 5.43 Å². The number of phenols is 1. The number of carbonyl (C=O) groups excluding carboxylic acids is 1. The quantitative estimate of drug-likeness (QED) is 0.856. The average molecular weight is 310 g/mol. The number of ether oxygens (including phenoxy) is 1. The van der Waals surface area contributed by atoms with Gasteiger partial charge < -0.3 is 9.84 Å². The molecule has 0 saturated heterocycles. The Morgan fingerprint density at radius 1 is 1.22 bits per heavy atom. The first kappa shape index (κ1) is 15.1. The Balaban J connectivity index is 1.80. The Morgan fingerprint density at radius 3 is 2.87 bits per heavy atom. The van der Waals surface area contributed by atoms with Gasteiger partial charge in [-0.05, 0) is 61.2 Å². The maximum Gasteiger partial charge on any atom is 0.271 e. The van der Waals surface area contributed by atoms with E-state index in [4.69, 9.17) is 4.74 Å². The van der Waals surface area contributed by atoms with Crippen LogP contribution < -0.4 is 10.2 Å². The van der Waals surface area contributed by atoms with E-state index in [0.717, 1.165) is 36.3 Å². The molecule has 0 fully saturated rings. The van der Waals surface area contributed by atoms with Crippen LogP contribution in [0.2, 0.25) is 0 Å². The number of rotatable bonds is 3. The van der Waals surface area contributed by atoms with E-state index in [9.17, 15) is 9.90 Å². The van der Waals surface area contributed by atoms with Crippen LogP contribution in [0.1, 0.15) is 34.3 Å². The van der Waals surface area contributed by atoms with E-state index in [2.05, 4.69) is 10.5 Å². The normalized spacial score (nSPS) is 15.1. The molecule has 2 aromatic rings. The number of phenolic OH excluding ortho intramolecular Hbond substituents is 1. The molecule has 0 saturated carbocycles. The Labute approximate surface area is 134 Å². The highest BCUT2D eigenvalue weighted by molar-refractivity contribution is 6.04. The van der Waals surface area contributed by atoms with Gasteiger partial charge in [0.1, 0.15) is 11.5 Å². The standard InChI is InChI=1S/C18H18N2O3/c1-23-15-8-9-16-12(11-15)4-3-7-17(16)19-20-18(22)13-5-2-6-14(21)10-13/h2,5-6,8-11,21H,3-4,7H2,1H3,(H,20,22). The fraction of sp³-hybridized carbons (Fsp3) is 0.222. The van der Waals surface area contributed by atoms with E-state index in [1.54, 1.807) is 19.2 Å². The van der Waals surface area contributed by atoms with E-state index in [1.807, 2.05) is 18.2 Å². The van der Waals surface area contributed by atoms with E-state index in [-0.39, 0.29) is 11.7 Å². The highest BCUT2D eigenvalue weighted by Gasteiger charge is 2.17. The summed E-state index contributed by atoms with van der Waals surface area (Å²) >= 11 is 0. The van der Waals surface area contributed by atoms with E-state index < -0.39 is 0 Å². The molecule has 0 spiro atoms. The van der Waals surface area contributed by atoms with Gasteiger partial charge in [0, 0.05) is 11.1 Å². The zero-order valence-corrected chi connectivity index (χ0v) is 12.9. The first-order valence-corrected chi connectivity index (χ1v) is 7.50. The van der Waals surface area contributed by atoms with Gasteiger partial charge in [0.25, 0.3) is 5.91 Å².